The number of rotatable bonds is 58. The van der Waals surface area contributed by atoms with Crippen LogP contribution in [-0.4, -0.2) is 365 Å². The van der Waals surface area contributed by atoms with Crippen LogP contribution in [0.4, 0.5) is 0 Å². The van der Waals surface area contributed by atoms with Gasteiger partial charge in [0.25, 0.3) is 0 Å². The van der Waals surface area contributed by atoms with Gasteiger partial charge in [0, 0.05) is 20.4 Å². The molecule has 3 aliphatic rings. The predicted molar refractivity (Wildman–Crippen MR) is 336 cm³/mol. The van der Waals surface area contributed by atoms with E-state index in [0.29, 0.717) is 38.3 Å². The maximum Gasteiger partial charge on any atom is 0.246 e. The molecule has 0 spiro atoms. The first kappa shape index (κ1) is 88.4. The van der Waals surface area contributed by atoms with Crippen molar-refractivity contribution < 1.29 is 155 Å². The molecule has 0 saturated carbocycles. The fraction of sp³-hybridized carbons (Fsp3) is 0.869. The number of aldehydes is 2. The number of carbonyl (C=O) groups excluding carboxylic acids is 8. The molecule has 99 heavy (non-hydrogen) atoms. The van der Waals surface area contributed by atoms with Gasteiger partial charge in [-0.3, -0.25) is 28.8 Å². The molecule has 38 heteroatoms. The Kier molecular flexibility index (Phi) is 48.2. The van der Waals surface area contributed by atoms with Crippen molar-refractivity contribution in [3.63, 3.8) is 0 Å². The van der Waals surface area contributed by atoms with Crippen LogP contribution in [-0.2, 0) is 114 Å². The third kappa shape index (κ3) is 36.8. The highest BCUT2D eigenvalue weighted by molar-refractivity contribution is 5.89. The van der Waals surface area contributed by atoms with Gasteiger partial charge in [-0.1, -0.05) is 26.2 Å². The number of aliphatic hydroxyl groups excluding tert-OH is 8. The summed E-state index contributed by atoms with van der Waals surface area (Å²) in [6.07, 6.45) is -11.6. The molecule has 0 radical (unpaired) electrons. The second kappa shape index (κ2) is 53.9. The number of carbonyl (C=O) groups is 8. The lowest BCUT2D eigenvalue weighted by Gasteiger charge is -2.42. The average Bonchev–Trinajstić information content (AvgIpc) is 0.829. The van der Waals surface area contributed by atoms with Gasteiger partial charge in [0.15, 0.2) is 18.9 Å². The number of amides is 6. The Morgan fingerprint density at radius 3 is 1.26 bits per heavy atom. The molecule has 0 aliphatic carbocycles. The maximum atomic E-state index is 13.4. The Hall–Kier alpha value is -4.80. The number of ether oxygens (including phenoxy) is 16. The molecule has 0 bridgehead atoms. The van der Waals surface area contributed by atoms with Crippen molar-refractivity contribution in [3.8, 4) is 0 Å². The summed E-state index contributed by atoms with van der Waals surface area (Å²) in [5.41, 5.74) is 0. The first-order chi connectivity index (χ1) is 47.8. The second-order valence-corrected chi connectivity index (χ2v) is 22.8. The normalized spacial score (nSPS) is 26.0. The van der Waals surface area contributed by atoms with Crippen molar-refractivity contribution in [2.24, 2.45) is 0 Å². The maximum absolute atomic E-state index is 13.4. The zero-order valence-corrected chi connectivity index (χ0v) is 56.7. The number of unbranched alkanes of at least 4 members (excludes halogenated alkanes) is 3. The lowest BCUT2D eigenvalue weighted by atomic mass is 9.97. The van der Waals surface area contributed by atoms with Crippen LogP contribution in [0.1, 0.15) is 65.7 Å². The van der Waals surface area contributed by atoms with Crippen molar-refractivity contribution in [2.75, 3.05) is 172 Å². The second-order valence-electron chi connectivity index (χ2n) is 22.8. The number of nitrogens with one attached hydrogen (secondary N) is 6. The molecule has 0 aromatic carbocycles. The molecular formula is C61H108N6O32. The van der Waals surface area contributed by atoms with Crippen LogP contribution >= 0.6 is 0 Å². The van der Waals surface area contributed by atoms with Crippen molar-refractivity contribution in [1.29, 1.82) is 0 Å². The molecule has 0 aromatic rings. The third-order valence-electron chi connectivity index (χ3n) is 15.0. The molecule has 3 fully saturated rings. The fourth-order valence-corrected chi connectivity index (χ4v) is 9.87. The summed E-state index contributed by atoms with van der Waals surface area (Å²) in [7, 11) is 0. The minimum absolute atomic E-state index is 0.000464. The molecule has 3 heterocycles. The molecule has 574 valence electrons. The van der Waals surface area contributed by atoms with Crippen LogP contribution in [0.3, 0.4) is 0 Å². The first-order valence-electron chi connectivity index (χ1n) is 33.3. The van der Waals surface area contributed by atoms with Crippen molar-refractivity contribution in [3.05, 3.63) is 0 Å². The zero-order chi connectivity index (χ0) is 72.6. The van der Waals surface area contributed by atoms with Gasteiger partial charge in [0.1, 0.15) is 118 Å². The lowest BCUT2D eigenvalue weighted by molar-refractivity contribution is -0.275. The Balaban J connectivity index is 1.31. The van der Waals surface area contributed by atoms with Crippen LogP contribution in [0.5, 0.6) is 0 Å². The topological polar surface area (TPSA) is 518 Å². The zero-order valence-electron chi connectivity index (χ0n) is 56.7. The molecule has 3 saturated heterocycles. The van der Waals surface area contributed by atoms with Gasteiger partial charge in [-0.05, 0) is 25.7 Å². The largest absolute Gasteiger partial charge is 0.394 e. The van der Waals surface area contributed by atoms with E-state index in [2.05, 4.69) is 31.9 Å². The van der Waals surface area contributed by atoms with Crippen molar-refractivity contribution in [2.45, 2.75) is 170 Å². The lowest BCUT2D eigenvalue weighted by Crippen LogP contribution is -2.65. The van der Waals surface area contributed by atoms with E-state index in [-0.39, 0.29) is 151 Å². The summed E-state index contributed by atoms with van der Waals surface area (Å²) in [5, 5.41) is 98.6. The highest BCUT2D eigenvalue weighted by Gasteiger charge is 2.48. The van der Waals surface area contributed by atoms with E-state index in [9.17, 15) is 79.2 Å². The number of hydrogen-bond donors (Lipinski definition) is 14. The summed E-state index contributed by atoms with van der Waals surface area (Å²) in [5.74, 6) is -3.38. The predicted octanol–water partition coefficient (Wildman–Crippen LogP) is -7.74. The van der Waals surface area contributed by atoms with Gasteiger partial charge in [-0.25, -0.2) is 0 Å². The van der Waals surface area contributed by atoms with Crippen molar-refractivity contribution >= 4 is 48.0 Å². The molecule has 6 amide bonds. The van der Waals surface area contributed by atoms with Crippen LogP contribution in [0.15, 0.2) is 0 Å². The van der Waals surface area contributed by atoms with E-state index in [4.69, 9.17) is 75.8 Å². The minimum atomic E-state index is -1.69. The van der Waals surface area contributed by atoms with E-state index in [0.717, 1.165) is 12.8 Å². The molecule has 0 aromatic heterocycles. The highest BCUT2D eigenvalue weighted by atomic mass is 16.7. The standard InChI is InChI=1S/C61H108N6O32/c1-4-5-6-9-41(32-69)65-58(83)42(10-7-8-11-62-46(74)36-91-24-22-86-17-20-89-26-29-94-59-49(63-39(2)72)55(80)52(77)43(33-70)97-59)66-47(75)37-92-25-23-87-18-21-90-28-31-96-61-51(57(82)53(78)44(34-71)98-61)67-48(76)38-93-35-45-54(79)56(81)50(64-40(3)73)60(99-45)95-30-27-88-19-16-85-15-14-84-13-12-68/h12,32,41-45,49-57,59-61,70-71,77-82H,4-11,13-31,33-38H2,1-3H3,(H,62,74)(H,63,72)(H,64,73)(H,65,83)(H,66,75)(H,67,76)/t41-,42-,43+,44+,45+,49+,50+,51+,52-,53-,54-,55+,56+,57+,59+,60+,61+/m0/s1. The third-order valence-corrected chi connectivity index (χ3v) is 15.0. The smallest absolute Gasteiger partial charge is 0.246 e. The summed E-state index contributed by atoms with van der Waals surface area (Å²) < 4.78 is 88.2. The highest BCUT2D eigenvalue weighted by Crippen LogP contribution is 2.25. The van der Waals surface area contributed by atoms with Crippen LogP contribution in [0.25, 0.3) is 0 Å². The van der Waals surface area contributed by atoms with Crippen molar-refractivity contribution in [1.82, 2.24) is 31.9 Å². The van der Waals surface area contributed by atoms with E-state index in [1.807, 2.05) is 6.92 Å². The molecule has 14 N–H and O–H groups in total. The Morgan fingerprint density at radius 1 is 0.434 bits per heavy atom. The summed E-state index contributed by atoms with van der Waals surface area (Å²) in [6, 6.07) is -5.41. The minimum Gasteiger partial charge on any atom is -0.394 e. The summed E-state index contributed by atoms with van der Waals surface area (Å²) in [6.45, 7) is 3.25. The Labute approximate surface area is 574 Å². The first-order valence-corrected chi connectivity index (χ1v) is 33.3. The van der Waals surface area contributed by atoms with Gasteiger partial charge in [0.05, 0.1) is 145 Å². The molecular weight excluding hydrogens is 1330 g/mol. The fourth-order valence-electron chi connectivity index (χ4n) is 9.87. The average molecular weight is 1440 g/mol. The van der Waals surface area contributed by atoms with Gasteiger partial charge < -0.3 is 158 Å². The van der Waals surface area contributed by atoms with E-state index in [1.165, 1.54) is 13.8 Å². The summed E-state index contributed by atoms with van der Waals surface area (Å²) in [4.78, 5) is 97.5. The summed E-state index contributed by atoms with van der Waals surface area (Å²) >= 11 is 0. The van der Waals surface area contributed by atoms with E-state index >= 15 is 0 Å². The van der Waals surface area contributed by atoms with Crippen LogP contribution < -0.4 is 31.9 Å². The van der Waals surface area contributed by atoms with E-state index < -0.39 is 167 Å². The molecule has 3 aliphatic heterocycles. The van der Waals surface area contributed by atoms with Gasteiger partial charge >= 0.3 is 0 Å². The van der Waals surface area contributed by atoms with Crippen LogP contribution in [0.2, 0.25) is 0 Å². The monoisotopic (exact) mass is 1440 g/mol. The number of hydrogen-bond acceptors (Lipinski definition) is 32. The number of aliphatic hydroxyl groups is 8. The van der Waals surface area contributed by atoms with Gasteiger partial charge in [0.2, 0.25) is 35.4 Å². The molecule has 3 rings (SSSR count). The molecule has 38 nitrogen and oxygen atoms in total. The SMILES string of the molecule is CCCCC[C@@H](C=O)NC(=O)[C@H](CCCCNC(=O)COCCOCCOCCO[C@@H]1O[C@H](CO)[C@H](O)[C@H](O)[C@H]1NC(C)=O)NC(=O)COCCOCCOCCO[C@@H]1O[C@H](CO)[C@H](O)[C@H](O)[C@H]1NC(=O)COC[C@H]1O[C@@H](OCCOCCOCCOCC=O)[C@H](NC(C)=O)[C@@H](O)[C@H]1O. The van der Waals surface area contributed by atoms with Gasteiger partial charge in [-0.2, -0.15) is 0 Å². The Bertz CT molecular complexity index is 2230. The van der Waals surface area contributed by atoms with E-state index in [1.54, 1.807) is 0 Å². The van der Waals surface area contributed by atoms with Crippen LogP contribution in [0, 0.1) is 0 Å². The Morgan fingerprint density at radius 2 is 0.828 bits per heavy atom. The quantitative estimate of drug-likeness (QED) is 0.0199. The molecule has 17 atom stereocenters. The van der Waals surface area contributed by atoms with Gasteiger partial charge in [-0.15, -0.1) is 0 Å². The molecule has 0 unspecified atom stereocenters.